The molecular formula is C41H44N4O6S2. The van der Waals surface area contributed by atoms with E-state index in [9.17, 15) is 19.6 Å². The predicted octanol–water partition coefficient (Wildman–Crippen LogP) is 8.33. The van der Waals surface area contributed by atoms with Crippen LogP contribution in [0.3, 0.4) is 0 Å². The Hall–Kier alpha value is -5.25. The van der Waals surface area contributed by atoms with Gasteiger partial charge in [0.25, 0.3) is 11.8 Å². The summed E-state index contributed by atoms with van der Waals surface area (Å²) >= 11 is 2.84. The molecule has 1 aliphatic carbocycles. The quantitative estimate of drug-likeness (QED) is 0.0971. The van der Waals surface area contributed by atoms with Crippen LogP contribution in [0.2, 0.25) is 0 Å². The first-order valence-electron chi connectivity index (χ1n) is 17.2. The number of hydrogen-bond acceptors (Lipinski definition) is 9. The number of carbonyl (C=O) groups excluding carboxylic acids is 3. The number of amides is 3. The van der Waals surface area contributed by atoms with E-state index in [-0.39, 0.29) is 17.0 Å². The molecule has 0 aliphatic heterocycles. The average Bonchev–Trinajstić information content (AvgIpc) is 3.50. The van der Waals surface area contributed by atoms with E-state index in [2.05, 4.69) is 42.8 Å². The number of nitriles is 1. The number of nitrogens with one attached hydrogen (secondary N) is 3. The van der Waals surface area contributed by atoms with Crippen LogP contribution in [0.4, 0.5) is 10.7 Å². The Balaban J connectivity index is 1.33. The summed E-state index contributed by atoms with van der Waals surface area (Å²) in [6.45, 7) is 8.55. The number of ether oxygens (including phenoxy) is 3. The van der Waals surface area contributed by atoms with Crippen LogP contribution in [-0.4, -0.2) is 44.3 Å². The van der Waals surface area contributed by atoms with E-state index >= 15 is 0 Å². The van der Waals surface area contributed by atoms with E-state index in [4.69, 9.17) is 14.2 Å². The molecule has 0 saturated heterocycles. The Kier molecular flexibility index (Phi) is 12.5. The van der Waals surface area contributed by atoms with Crippen molar-refractivity contribution in [1.82, 2.24) is 5.32 Å². The normalized spacial score (nSPS) is 14.6. The standard InChI is InChI=1S/C41H44N4O6S2/c1-24(37(46)45-40-31(23-42)30-17-16-27(41(2,3)4)20-36(30)53-40)52-29-15-11-14-28(21-29)43-39(48)32(44-38(47)25-12-9-8-10-13-25)18-26-19-34(50-6)35(51-7)22-33(26)49-5/h8-15,18-19,21-22,24,27H,16-17,20H2,1-7H3,(H,43,48)(H,44,47)(H,45,46)/b32-18+. The molecule has 1 aliphatic rings. The van der Waals surface area contributed by atoms with Crippen LogP contribution >= 0.6 is 23.1 Å². The lowest BCUT2D eigenvalue weighted by Gasteiger charge is -2.33. The number of rotatable bonds is 12. The van der Waals surface area contributed by atoms with Crippen molar-refractivity contribution in [2.45, 2.75) is 57.1 Å². The van der Waals surface area contributed by atoms with Crippen molar-refractivity contribution in [3.05, 3.63) is 99.6 Å². The molecule has 0 bridgehead atoms. The van der Waals surface area contributed by atoms with Crippen LogP contribution in [-0.2, 0) is 22.4 Å². The van der Waals surface area contributed by atoms with Crippen molar-refractivity contribution in [3.63, 3.8) is 0 Å². The minimum Gasteiger partial charge on any atom is -0.496 e. The van der Waals surface area contributed by atoms with Gasteiger partial charge in [0.2, 0.25) is 5.91 Å². The van der Waals surface area contributed by atoms with Crippen molar-refractivity contribution in [3.8, 4) is 23.3 Å². The maximum Gasteiger partial charge on any atom is 0.272 e. The number of thioether (sulfide) groups is 1. The van der Waals surface area contributed by atoms with Crippen LogP contribution in [0.15, 0.2) is 77.3 Å². The first kappa shape index (κ1) is 39.0. The third kappa shape index (κ3) is 9.41. The Morgan fingerprint density at radius 3 is 2.30 bits per heavy atom. The highest BCUT2D eigenvalue weighted by atomic mass is 32.2. The van der Waals surface area contributed by atoms with Crippen molar-refractivity contribution in [2.24, 2.45) is 11.3 Å². The third-order valence-corrected chi connectivity index (χ3v) is 11.4. The van der Waals surface area contributed by atoms with Gasteiger partial charge in [0, 0.05) is 32.7 Å². The molecule has 1 heterocycles. The van der Waals surface area contributed by atoms with Gasteiger partial charge < -0.3 is 30.2 Å². The summed E-state index contributed by atoms with van der Waals surface area (Å²) in [5.41, 5.74) is 3.05. The van der Waals surface area contributed by atoms with Crippen molar-refractivity contribution in [1.29, 1.82) is 5.26 Å². The number of nitrogens with zero attached hydrogens (tertiary/aromatic N) is 1. The van der Waals surface area contributed by atoms with Crippen LogP contribution in [0.5, 0.6) is 17.2 Å². The van der Waals surface area contributed by atoms with E-state index < -0.39 is 17.1 Å². The van der Waals surface area contributed by atoms with Gasteiger partial charge in [-0.1, -0.05) is 45.0 Å². The number of benzene rings is 3. The van der Waals surface area contributed by atoms with E-state index in [1.807, 2.05) is 6.07 Å². The molecule has 3 N–H and O–H groups in total. The largest absolute Gasteiger partial charge is 0.496 e. The van der Waals surface area contributed by atoms with Crippen LogP contribution < -0.4 is 30.2 Å². The third-order valence-electron chi connectivity index (χ3n) is 9.18. The Bertz CT molecular complexity index is 2060. The van der Waals surface area contributed by atoms with Gasteiger partial charge >= 0.3 is 0 Å². The summed E-state index contributed by atoms with van der Waals surface area (Å²) in [6, 6.07) is 21.3. The molecule has 4 aromatic rings. The monoisotopic (exact) mass is 752 g/mol. The zero-order valence-corrected chi connectivity index (χ0v) is 32.6. The summed E-state index contributed by atoms with van der Waals surface area (Å²) in [5, 5.41) is 18.7. The topological polar surface area (TPSA) is 139 Å². The molecule has 3 amide bonds. The van der Waals surface area contributed by atoms with Gasteiger partial charge in [-0.2, -0.15) is 5.26 Å². The molecule has 2 atom stereocenters. The SMILES string of the molecule is COc1cc(OC)c(OC)cc1/C=C(/NC(=O)c1ccccc1)C(=O)Nc1cccc(SC(C)C(=O)Nc2sc3c(c2C#N)CCC(C(C)(C)C)C3)c1. The van der Waals surface area contributed by atoms with Gasteiger partial charge in [-0.05, 0) is 85.6 Å². The van der Waals surface area contributed by atoms with Crippen molar-refractivity contribution < 1.29 is 28.6 Å². The summed E-state index contributed by atoms with van der Waals surface area (Å²) in [5.74, 6) is 0.483. The minimum absolute atomic E-state index is 0.0454. The van der Waals surface area contributed by atoms with Crippen LogP contribution in [0, 0.1) is 22.7 Å². The molecule has 3 aromatic carbocycles. The zero-order valence-electron chi connectivity index (χ0n) is 30.9. The van der Waals surface area contributed by atoms with Gasteiger partial charge in [-0.25, -0.2) is 0 Å². The van der Waals surface area contributed by atoms with Crippen LogP contribution in [0.1, 0.15) is 66.0 Å². The molecule has 1 aromatic heterocycles. The molecule has 0 fully saturated rings. The molecule has 2 unspecified atom stereocenters. The molecule has 5 rings (SSSR count). The van der Waals surface area contributed by atoms with Gasteiger partial charge in [-0.15, -0.1) is 23.1 Å². The fourth-order valence-corrected chi connectivity index (χ4v) is 8.32. The fraction of sp³-hybridized carbons (Fsp3) is 0.317. The summed E-state index contributed by atoms with van der Waals surface area (Å²) in [7, 11) is 4.50. The molecular weight excluding hydrogens is 709 g/mol. The molecule has 0 spiro atoms. The predicted molar refractivity (Wildman–Crippen MR) is 211 cm³/mol. The van der Waals surface area contributed by atoms with E-state index in [0.717, 1.165) is 29.7 Å². The van der Waals surface area contributed by atoms with Crippen LogP contribution in [0.25, 0.3) is 6.08 Å². The maximum absolute atomic E-state index is 13.8. The molecule has 276 valence electrons. The first-order chi connectivity index (χ1) is 25.3. The van der Waals surface area contributed by atoms with E-state index in [1.54, 1.807) is 67.6 Å². The Morgan fingerprint density at radius 1 is 0.943 bits per heavy atom. The van der Waals surface area contributed by atoms with Crippen molar-refractivity contribution >= 4 is 57.6 Å². The lowest BCUT2D eigenvalue weighted by atomic mass is 9.72. The number of thiophene rings is 1. The minimum atomic E-state index is -0.585. The Labute approximate surface area is 318 Å². The van der Waals surface area contributed by atoms with Crippen molar-refractivity contribution in [2.75, 3.05) is 32.0 Å². The fourth-order valence-electron chi connectivity index (χ4n) is 6.11. The average molecular weight is 753 g/mol. The van der Waals surface area contributed by atoms with E-state index in [0.29, 0.717) is 50.5 Å². The number of carbonyl (C=O) groups is 3. The summed E-state index contributed by atoms with van der Waals surface area (Å²) < 4.78 is 16.4. The number of fused-ring (bicyclic) bond motifs is 1. The number of methoxy groups -OCH3 is 3. The maximum atomic E-state index is 13.8. The second-order valence-corrected chi connectivity index (χ2v) is 16.2. The summed E-state index contributed by atoms with van der Waals surface area (Å²) in [6.07, 6.45) is 4.27. The highest BCUT2D eigenvalue weighted by molar-refractivity contribution is 8.00. The number of hydrogen-bond donors (Lipinski definition) is 3. The molecule has 10 nitrogen and oxygen atoms in total. The van der Waals surface area contributed by atoms with Gasteiger partial charge in [0.05, 0.1) is 32.1 Å². The lowest BCUT2D eigenvalue weighted by molar-refractivity contribution is -0.115. The van der Waals surface area contributed by atoms with Gasteiger partial charge in [-0.3, -0.25) is 14.4 Å². The molecule has 0 saturated carbocycles. The second kappa shape index (κ2) is 17.1. The number of anilines is 2. The molecule has 12 heteroatoms. The first-order valence-corrected chi connectivity index (χ1v) is 18.9. The second-order valence-electron chi connectivity index (χ2n) is 13.7. The zero-order chi connectivity index (χ0) is 38.3. The highest BCUT2D eigenvalue weighted by Crippen LogP contribution is 2.44. The molecule has 53 heavy (non-hydrogen) atoms. The van der Waals surface area contributed by atoms with Gasteiger partial charge in [0.1, 0.15) is 22.5 Å². The highest BCUT2D eigenvalue weighted by Gasteiger charge is 2.33. The summed E-state index contributed by atoms with van der Waals surface area (Å²) in [4.78, 5) is 42.4. The smallest absolute Gasteiger partial charge is 0.272 e. The molecule has 0 radical (unpaired) electrons. The Morgan fingerprint density at radius 2 is 1.64 bits per heavy atom. The lowest BCUT2D eigenvalue weighted by Crippen LogP contribution is -2.30. The van der Waals surface area contributed by atoms with E-state index in [1.165, 1.54) is 55.4 Å². The van der Waals surface area contributed by atoms with Gasteiger partial charge in [0.15, 0.2) is 11.5 Å².